The van der Waals surface area contributed by atoms with E-state index in [1.54, 1.807) is 0 Å². The fourth-order valence-electron chi connectivity index (χ4n) is 0.115. The number of hydrogen-bond acceptors (Lipinski definition) is 3. The Bertz CT molecular complexity index is 159. The Morgan fingerprint density at radius 3 is 2.25 bits per heavy atom. The van der Waals surface area contributed by atoms with Gasteiger partial charge in [0.05, 0.1) is 5.75 Å². The van der Waals surface area contributed by atoms with Gasteiger partial charge in [-0.25, -0.2) is 13.1 Å². The van der Waals surface area contributed by atoms with Crippen LogP contribution in [0.2, 0.25) is 0 Å². The van der Waals surface area contributed by atoms with Gasteiger partial charge in [0.25, 0.3) is 0 Å². The Morgan fingerprint density at radius 1 is 1.62 bits per heavy atom. The van der Waals surface area contributed by atoms with Gasteiger partial charge in [-0.05, 0) is 6.92 Å². The average Bonchev–Trinajstić information content (AvgIpc) is 1.67. The normalized spacial score (nSPS) is 10.6. The lowest BCUT2D eigenvalue weighted by atomic mass is 11.0. The summed E-state index contributed by atoms with van der Waals surface area (Å²) in [6.07, 6.45) is 1.03. The number of carbonyl (C=O) groups excluding carboxylic acids is 1. The van der Waals surface area contributed by atoms with E-state index in [9.17, 15) is 13.2 Å². The zero-order valence-electron chi connectivity index (χ0n) is 4.05. The fourth-order valence-corrected chi connectivity index (χ4v) is 0.344. The van der Waals surface area contributed by atoms with Crippen LogP contribution in [0.3, 0.4) is 0 Å². The van der Waals surface area contributed by atoms with Crippen molar-refractivity contribution < 1.29 is 13.2 Å². The first-order valence-corrected chi connectivity index (χ1v) is 3.43. The van der Waals surface area contributed by atoms with E-state index in [2.05, 4.69) is 6.92 Å². The lowest BCUT2D eigenvalue weighted by Gasteiger charge is -1.91. The molecule has 0 atom stereocenters. The summed E-state index contributed by atoms with van der Waals surface area (Å²) in [4.78, 5) is 9.34. The fraction of sp³-hybridized carbons (Fsp3) is 0.333. The zero-order valence-corrected chi connectivity index (χ0v) is 4.86. The highest BCUT2D eigenvalue weighted by atomic mass is 32.2. The highest BCUT2D eigenvalue weighted by Crippen LogP contribution is 1.75. The molecular formula is C3H5NO3S. The minimum atomic E-state index is -3.45. The van der Waals surface area contributed by atoms with E-state index >= 15 is 0 Å². The highest BCUT2D eigenvalue weighted by molar-refractivity contribution is 7.90. The Balaban J connectivity index is 3.94. The van der Waals surface area contributed by atoms with Crippen molar-refractivity contribution in [2.24, 2.45) is 0 Å². The molecular weight excluding hydrogens is 130 g/mol. The molecule has 5 heteroatoms. The van der Waals surface area contributed by atoms with Crippen LogP contribution >= 0.6 is 0 Å². The summed E-state index contributed by atoms with van der Waals surface area (Å²) in [5, 5.41) is 0. The minimum Gasteiger partial charge on any atom is -0.263 e. The van der Waals surface area contributed by atoms with E-state index in [4.69, 9.17) is 0 Å². The van der Waals surface area contributed by atoms with E-state index in [1.807, 2.05) is 0 Å². The maximum Gasteiger partial charge on any atom is 0.323 e. The molecule has 0 aromatic rings. The molecule has 0 aromatic carbocycles. The van der Waals surface area contributed by atoms with Crippen molar-refractivity contribution in [2.75, 3.05) is 5.75 Å². The van der Waals surface area contributed by atoms with Crippen molar-refractivity contribution >= 4 is 16.4 Å². The van der Waals surface area contributed by atoms with Gasteiger partial charge in [-0.2, -0.15) is 0 Å². The Morgan fingerprint density at radius 2 is 2.12 bits per heavy atom. The molecule has 0 bridgehead atoms. The molecule has 0 saturated heterocycles. The second kappa shape index (κ2) is 2.66. The quantitative estimate of drug-likeness (QED) is 0.495. The number of nitrogens with one attached hydrogen (secondary N) is 1. The number of hydrogen-bond donors (Lipinski definition) is 1. The first-order valence-electron chi connectivity index (χ1n) is 1.78. The van der Waals surface area contributed by atoms with E-state index in [-0.39, 0.29) is 5.75 Å². The highest BCUT2D eigenvalue weighted by Gasteiger charge is 2.01. The Kier molecular flexibility index (Phi) is 2.47. The second-order valence-electron chi connectivity index (χ2n) is 1.02. The van der Waals surface area contributed by atoms with Crippen LogP contribution in [0, 0.1) is 6.92 Å². The van der Waals surface area contributed by atoms with Gasteiger partial charge in [-0.15, -0.1) is 0 Å². The van der Waals surface area contributed by atoms with Crippen molar-refractivity contribution in [3.05, 3.63) is 6.92 Å². The standard InChI is InChI=1S/C3H5NO3S/c1-2-8(6,7)4-3-5/h1-2H2,(H,4,5). The molecule has 0 aliphatic rings. The van der Waals surface area contributed by atoms with Gasteiger partial charge in [-0.3, -0.25) is 4.79 Å². The van der Waals surface area contributed by atoms with Crippen molar-refractivity contribution in [1.29, 1.82) is 0 Å². The van der Waals surface area contributed by atoms with Gasteiger partial charge in [0.2, 0.25) is 10.0 Å². The summed E-state index contributed by atoms with van der Waals surface area (Å²) >= 11 is 0. The van der Waals surface area contributed by atoms with Gasteiger partial charge in [-0.1, -0.05) is 0 Å². The summed E-state index contributed by atoms with van der Waals surface area (Å²) in [6.45, 7) is 3.05. The monoisotopic (exact) mass is 135 g/mol. The number of amides is 1. The van der Waals surface area contributed by atoms with Crippen LogP contribution in [0.15, 0.2) is 0 Å². The lowest BCUT2D eigenvalue weighted by Crippen LogP contribution is -2.23. The van der Waals surface area contributed by atoms with E-state index in [0.29, 0.717) is 0 Å². The average molecular weight is 135 g/mol. The smallest absolute Gasteiger partial charge is 0.263 e. The summed E-state index contributed by atoms with van der Waals surface area (Å²) < 4.78 is 21.8. The first kappa shape index (κ1) is 7.42. The molecule has 0 fully saturated rings. The zero-order chi connectivity index (χ0) is 6.62. The molecule has 0 unspecified atom stereocenters. The summed E-state index contributed by atoms with van der Waals surface area (Å²) in [6, 6.07) is 0. The molecule has 8 heavy (non-hydrogen) atoms. The van der Waals surface area contributed by atoms with E-state index in [0.717, 1.165) is 6.41 Å². The Hall–Kier alpha value is -0.580. The van der Waals surface area contributed by atoms with Gasteiger partial charge < -0.3 is 0 Å². The molecule has 0 rings (SSSR count). The van der Waals surface area contributed by atoms with E-state index < -0.39 is 10.0 Å². The molecule has 1 N–H and O–H groups in total. The summed E-state index contributed by atoms with van der Waals surface area (Å²) in [7, 11) is -3.45. The predicted molar refractivity (Wildman–Crippen MR) is 28.0 cm³/mol. The molecule has 0 spiro atoms. The predicted octanol–water partition coefficient (Wildman–Crippen LogP) is -1.19. The maximum absolute atomic E-state index is 10.2. The lowest BCUT2D eigenvalue weighted by molar-refractivity contribution is 0.547. The molecule has 0 heterocycles. The molecule has 0 saturated carbocycles. The number of rotatable bonds is 3. The summed E-state index contributed by atoms with van der Waals surface area (Å²) in [5.74, 6) is -0.345. The molecule has 0 aliphatic carbocycles. The summed E-state index contributed by atoms with van der Waals surface area (Å²) in [5.41, 5.74) is 0. The third-order valence-electron chi connectivity index (χ3n) is 0.466. The van der Waals surface area contributed by atoms with Crippen molar-refractivity contribution in [3.8, 4) is 0 Å². The van der Waals surface area contributed by atoms with Gasteiger partial charge >= 0.3 is 6.41 Å². The number of sulfonamides is 1. The van der Waals surface area contributed by atoms with Crippen molar-refractivity contribution in [2.45, 2.75) is 0 Å². The van der Waals surface area contributed by atoms with Crippen LogP contribution < -0.4 is 4.72 Å². The van der Waals surface area contributed by atoms with Crippen LogP contribution in [0.25, 0.3) is 0 Å². The second-order valence-corrected chi connectivity index (χ2v) is 2.86. The van der Waals surface area contributed by atoms with Crippen LogP contribution in [0.1, 0.15) is 0 Å². The van der Waals surface area contributed by atoms with Gasteiger partial charge in [0.1, 0.15) is 0 Å². The van der Waals surface area contributed by atoms with Crippen LogP contribution in [-0.2, 0) is 14.8 Å². The van der Waals surface area contributed by atoms with Crippen molar-refractivity contribution in [3.63, 3.8) is 0 Å². The largest absolute Gasteiger partial charge is 0.323 e. The van der Waals surface area contributed by atoms with Gasteiger partial charge in [0.15, 0.2) is 0 Å². The molecule has 0 aromatic heterocycles. The van der Waals surface area contributed by atoms with Crippen LogP contribution in [-0.4, -0.2) is 20.6 Å². The first-order chi connectivity index (χ1) is 3.62. The maximum atomic E-state index is 10.2. The van der Waals surface area contributed by atoms with Crippen LogP contribution in [0.5, 0.6) is 0 Å². The topological polar surface area (TPSA) is 63.2 Å². The molecule has 1 amide bonds. The SMILES string of the molecule is [CH2]CS(=O)(=O)N[C]=O. The third kappa shape index (κ3) is 2.57. The van der Waals surface area contributed by atoms with E-state index in [1.165, 1.54) is 4.72 Å². The molecule has 46 valence electrons. The minimum absolute atomic E-state index is 0.345. The molecule has 4 nitrogen and oxygen atoms in total. The third-order valence-corrected chi connectivity index (χ3v) is 1.40. The van der Waals surface area contributed by atoms with Gasteiger partial charge in [0, 0.05) is 0 Å². The molecule has 0 aliphatic heterocycles. The molecule has 2 radical (unpaired) electrons. The van der Waals surface area contributed by atoms with Crippen LogP contribution in [0.4, 0.5) is 0 Å². The van der Waals surface area contributed by atoms with Crippen molar-refractivity contribution in [1.82, 2.24) is 4.72 Å². The Labute approximate surface area is 47.9 Å².